The predicted octanol–water partition coefficient (Wildman–Crippen LogP) is 1.62. The van der Waals surface area contributed by atoms with Gasteiger partial charge >= 0.3 is 5.97 Å². The molecule has 0 aliphatic carbocycles. The van der Waals surface area contributed by atoms with Gasteiger partial charge in [-0.25, -0.2) is 13.6 Å². The van der Waals surface area contributed by atoms with Crippen LogP contribution in [0.15, 0.2) is 12.1 Å². The van der Waals surface area contributed by atoms with Crippen molar-refractivity contribution in [2.75, 3.05) is 6.79 Å². The first kappa shape index (κ1) is 11.3. The lowest BCUT2D eigenvalue weighted by Crippen LogP contribution is -2.14. The maximum Gasteiger partial charge on any atom is 0.377 e. The highest BCUT2D eigenvalue weighted by atomic mass is 19.3. The number of halogens is 2. The molecular weight excluding hydrogens is 238 g/mol. The molecule has 0 spiro atoms. The molecule has 17 heavy (non-hydrogen) atoms. The molecule has 0 radical (unpaired) electrons. The number of Topliss-reactive ketones (excluding diaryl/α,β-unsaturated/α-hetero) is 1. The third-order valence-electron chi connectivity index (χ3n) is 2.19. The van der Waals surface area contributed by atoms with Crippen LogP contribution in [0.5, 0.6) is 11.5 Å². The number of carboxylic acid groups (broad SMARTS) is 1. The Morgan fingerprint density at radius 1 is 1.29 bits per heavy atom. The Morgan fingerprint density at radius 2 is 2.00 bits per heavy atom. The molecule has 0 saturated carbocycles. The topological polar surface area (TPSA) is 72.8 Å². The average Bonchev–Trinajstić information content (AvgIpc) is 2.74. The maximum atomic E-state index is 12.5. The van der Waals surface area contributed by atoms with E-state index in [2.05, 4.69) is 0 Å². The summed E-state index contributed by atoms with van der Waals surface area (Å²) in [5, 5.41) is 8.56. The molecular formula is C10H6F2O5. The second-order valence-corrected chi connectivity index (χ2v) is 3.24. The fraction of sp³-hybridized carbons (Fsp3) is 0.200. The standard InChI is InChI=1S/C10H6F2O5/c11-9(12)4-1-5(7(13)10(14)15)8-6(2-4)16-3-17-8/h1-2,9H,3H2,(H,14,15). The van der Waals surface area contributed by atoms with Crippen molar-refractivity contribution in [3.05, 3.63) is 23.3 Å². The molecule has 0 saturated heterocycles. The summed E-state index contributed by atoms with van der Waals surface area (Å²) in [5.74, 6) is -3.21. The molecule has 5 nitrogen and oxygen atoms in total. The van der Waals surface area contributed by atoms with Crippen molar-refractivity contribution < 1.29 is 33.0 Å². The normalized spacial score (nSPS) is 12.9. The molecule has 1 aliphatic rings. The van der Waals surface area contributed by atoms with Gasteiger partial charge in [0.2, 0.25) is 6.79 Å². The lowest BCUT2D eigenvalue weighted by Gasteiger charge is -2.06. The number of ether oxygens (including phenoxy) is 2. The summed E-state index contributed by atoms with van der Waals surface area (Å²) in [6.07, 6.45) is -2.83. The van der Waals surface area contributed by atoms with Gasteiger partial charge in [-0.15, -0.1) is 0 Å². The molecule has 0 bridgehead atoms. The lowest BCUT2D eigenvalue weighted by atomic mass is 10.1. The van der Waals surface area contributed by atoms with Crippen molar-refractivity contribution in [1.82, 2.24) is 0 Å². The number of carbonyl (C=O) groups excluding carboxylic acids is 1. The highest BCUT2D eigenvalue weighted by molar-refractivity contribution is 6.40. The van der Waals surface area contributed by atoms with E-state index in [1.807, 2.05) is 0 Å². The molecule has 7 heteroatoms. The largest absolute Gasteiger partial charge is 0.475 e. The molecule has 1 N–H and O–H groups in total. The zero-order valence-electron chi connectivity index (χ0n) is 8.28. The highest BCUT2D eigenvalue weighted by Crippen LogP contribution is 2.39. The smallest absolute Gasteiger partial charge is 0.377 e. The summed E-state index contributed by atoms with van der Waals surface area (Å²) in [7, 11) is 0. The highest BCUT2D eigenvalue weighted by Gasteiger charge is 2.28. The molecule has 1 aliphatic heterocycles. The zero-order valence-corrected chi connectivity index (χ0v) is 8.28. The van der Waals surface area contributed by atoms with Gasteiger partial charge in [-0.1, -0.05) is 0 Å². The molecule has 1 aromatic carbocycles. The number of benzene rings is 1. The third-order valence-corrected chi connectivity index (χ3v) is 2.19. The van der Waals surface area contributed by atoms with E-state index in [4.69, 9.17) is 14.6 Å². The Kier molecular flexibility index (Phi) is 2.66. The number of aliphatic carboxylic acids is 1. The summed E-state index contributed by atoms with van der Waals surface area (Å²) in [5.41, 5.74) is -0.915. The van der Waals surface area contributed by atoms with Crippen LogP contribution in [0.3, 0.4) is 0 Å². The summed E-state index contributed by atoms with van der Waals surface area (Å²) in [6, 6.07) is 1.82. The van der Waals surface area contributed by atoms with E-state index in [0.717, 1.165) is 12.1 Å². The Morgan fingerprint density at radius 3 is 2.59 bits per heavy atom. The number of ketones is 1. The Labute approximate surface area is 93.6 Å². The quantitative estimate of drug-likeness (QED) is 0.646. The van der Waals surface area contributed by atoms with Crippen LogP contribution in [0.4, 0.5) is 8.78 Å². The molecule has 1 heterocycles. The number of rotatable bonds is 3. The van der Waals surface area contributed by atoms with Crippen molar-refractivity contribution >= 4 is 11.8 Å². The minimum absolute atomic E-state index is 0.0487. The fourth-order valence-electron chi connectivity index (χ4n) is 1.44. The summed E-state index contributed by atoms with van der Waals surface area (Å²) in [6.45, 7) is -0.234. The minimum atomic E-state index is -2.83. The van der Waals surface area contributed by atoms with E-state index in [1.54, 1.807) is 0 Å². The van der Waals surface area contributed by atoms with Gasteiger partial charge in [0, 0.05) is 5.56 Å². The van der Waals surface area contributed by atoms with Crippen molar-refractivity contribution in [1.29, 1.82) is 0 Å². The van der Waals surface area contributed by atoms with Crippen molar-refractivity contribution in [2.24, 2.45) is 0 Å². The number of hydrogen-bond acceptors (Lipinski definition) is 4. The van der Waals surface area contributed by atoms with Gasteiger partial charge in [-0.05, 0) is 12.1 Å². The summed E-state index contributed by atoms with van der Waals surface area (Å²) >= 11 is 0. The van der Waals surface area contributed by atoms with E-state index in [1.165, 1.54) is 0 Å². The van der Waals surface area contributed by atoms with Gasteiger partial charge < -0.3 is 14.6 Å². The fourth-order valence-corrected chi connectivity index (χ4v) is 1.44. The second kappa shape index (κ2) is 4.00. The Hall–Kier alpha value is -2.18. The molecule has 1 aromatic rings. The molecule has 0 aromatic heterocycles. The molecule has 0 amide bonds. The van der Waals surface area contributed by atoms with Gasteiger partial charge in [0.25, 0.3) is 12.2 Å². The van der Waals surface area contributed by atoms with Gasteiger partial charge in [0.1, 0.15) is 0 Å². The van der Waals surface area contributed by atoms with E-state index >= 15 is 0 Å². The summed E-state index contributed by atoms with van der Waals surface area (Å²) < 4.78 is 34.8. The number of carbonyl (C=O) groups is 2. The first-order chi connectivity index (χ1) is 8.00. The maximum absolute atomic E-state index is 12.5. The van der Waals surface area contributed by atoms with Crippen LogP contribution in [0.25, 0.3) is 0 Å². The van der Waals surface area contributed by atoms with E-state index in [-0.39, 0.29) is 18.3 Å². The predicted molar refractivity (Wildman–Crippen MR) is 49.5 cm³/mol. The number of fused-ring (bicyclic) bond motifs is 1. The number of carboxylic acids is 1. The van der Waals surface area contributed by atoms with Crippen LogP contribution in [-0.2, 0) is 4.79 Å². The first-order valence-corrected chi connectivity index (χ1v) is 4.50. The first-order valence-electron chi connectivity index (χ1n) is 4.50. The average molecular weight is 244 g/mol. The molecule has 0 unspecified atom stereocenters. The van der Waals surface area contributed by atoms with Gasteiger partial charge in [-0.2, -0.15) is 0 Å². The van der Waals surface area contributed by atoms with Crippen LogP contribution >= 0.6 is 0 Å². The molecule has 0 atom stereocenters. The van der Waals surface area contributed by atoms with Crippen molar-refractivity contribution in [3.8, 4) is 11.5 Å². The third kappa shape index (κ3) is 1.91. The SMILES string of the molecule is O=C(O)C(=O)c1cc(C(F)F)cc2c1OCO2. The number of alkyl halides is 2. The van der Waals surface area contributed by atoms with Crippen LogP contribution < -0.4 is 9.47 Å². The van der Waals surface area contributed by atoms with E-state index in [9.17, 15) is 18.4 Å². The lowest BCUT2D eigenvalue weighted by molar-refractivity contribution is -0.131. The monoisotopic (exact) mass is 244 g/mol. The summed E-state index contributed by atoms with van der Waals surface area (Å²) in [4.78, 5) is 21.8. The molecule has 0 fully saturated rings. The molecule has 2 rings (SSSR count). The Bertz CT molecular complexity index is 498. The van der Waals surface area contributed by atoms with Crippen LogP contribution in [0.1, 0.15) is 22.3 Å². The minimum Gasteiger partial charge on any atom is -0.475 e. The van der Waals surface area contributed by atoms with Crippen LogP contribution in [0.2, 0.25) is 0 Å². The van der Waals surface area contributed by atoms with Gasteiger partial charge in [-0.3, -0.25) is 4.79 Å². The Balaban J connectivity index is 2.57. The van der Waals surface area contributed by atoms with Gasteiger partial charge in [0.05, 0.1) is 5.56 Å². The van der Waals surface area contributed by atoms with Gasteiger partial charge in [0.15, 0.2) is 11.5 Å². The number of hydrogen-bond donors (Lipinski definition) is 1. The van der Waals surface area contributed by atoms with E-state index < -0.39 is 29.3 Å². The van der Waals surface area contributed by atoms with Crippen molar-refractivity contribution in [3.63, 3.8) is 0 Å². The van der Waals surface area contributed by atoms with Crippen LogP contribution in [0, 0.1) is 0 Å². The second-order valence-electron chi connectivity index (χ2n) is 3.24. The molecule has 90 valence electrons. The van der Waals surface area contributed by atoms with E-state index in [0.29, 0.717) is 0 Å². The van der Waals surface area contributed by atoms with Crippen LogP contribution in [-0.4, -0.2) is 23.7 Å². The zero-order chi connectivity index (χ0) is 12.6. The van der Waals surface area contributed by atoms with Crippen molar-refractivity contribution in [2.45, 2.75) is 6.43 Å².